The maximum absolute atomic E-state index is 13.2. The van der Waals surface area contributed by atoms with Crippen molar-refractivity contribution in [1.29, 1.82) is 0 Å². The summed E-state index contributed by atoms with van der Waals surface area (Å²) in [5, 5.41) is 7.93. The summed E-state index contributed by atoms with van der Waals surface area (Å²) in [5.41, 5.74) is 4.74. The fourth-order valence-corrected chi connectivity index (χ4v) is 3.02. The number of rotatable bonds is 5. The molecule has 0 atom stereocenters. The molecule has 0 aliphatic carbocycles. The number of hydrogen-bond acceptors (Lipinski definition) is 3. The van der Waals surface area contributed by atoms with Gasteiger partial charge in [0, 0.05) is 23.9 Å². The molecule has 2 aromatic heterocycles. The van der Waals surface area contributed by atoms with E-state index in [0.717, 1.165) is 41.3 Å². The molecule has 2 aromatic carbocycles. The summed E-state index contributed by atoms with van der Waals surface area (Å²) in [4.78, 5) is 4.63. The third-order valence-electron chi connectivity index (χ3n) is 4.32. The van der Waals surface area contributed by atoms with Crippen molar-refractivity contribution in [2.45, 2.75) is 13.3 Å². The average molecular weight is 346 g/mol. The molecule has 26 heavy (non-hydrogen) atoms. The van der Waals surface area contributed by atoms with E-state index >= 15 is 0 Å². The number of anilines is 1. The molecule has 0 saturated carbocycles. The van der Waals surface area contributed by atoms with Gasteiger partial charge in [-0.1, -0.05) is 42.5 Å². The summed E-state index contributed by atoms with van der Waals surface area (Å²) in [5.74, 6) is 0.648. The zero-order valence-corrected chi connectivity index (χ0v) is 14.5. The fraction of sp³-hybridized carbons (Fsp3) is 0.143. The molecule has 2 heterocycles. The molecule has 4 nitrogen and oxygen atoms in total. The van der Waals surface area contributed by atoms with Crippen LogP contribution in [0.5, 0.6) is 0 Å². The number of benzene rings is 2. The molecule has 130 valence electrons. The smallest absolute Gasteiger partial charge is 0.165 e. The molecule has 0 bridgehead atoms. The van der Waals surface area contributed by atoms with Crippen LogP contribution in [-0.2, 0) is 6.42 Å². The molecule has 0 fully saturated rings. The van der Waals surface area contributed by atoms with E-state index in [-0.39, 0.29) is 5.82 Å². The predicted octanol–water partition coefficient (Wildman–Crippen LogP) is 4.50. The number of hydrogen-bond donors (Lipinski definition) is 1. The van der Waals surface area contributed by atoms with Gasteiger partial charge in [0.15, 0.2) is 5.65 Å². The van der Waals surface area contributed by atoms with E-state index in [1.807, 2.05) is 31.2 Å². The number of nitrogens with one attached hydrogen (secondary N) is 1. The van der Waals surface area contributed by atoms with E-state index < -0.39 is 0 Å². The van der Waals surface area contributed by atoms with Crippen molar-refractivity contribution in [3.8, 4) is 11.1 Å². The first kappa shape index (κ1) is 16.3. The number of nitrogens with zero attached hydrogens (tertiary/aromatic N) is 3. The lowest BCUT2D eigenvalue weighted by atomic mass is 10.1. The van der Waals surface area contributed by atoms with E-state index in [9.17, 15) is 4.39 Å². The lowest BCUT2D eigenvalue weighted by Crippen LogP contribution is -2.10. The topological polar surface area (TPSA) is 42.2 Å². The van der Waals surface area contributed by atoms with Gasteiger partial charge in [-0.3, -0.25) is 0 Å². The van der Waals surface area contributed by atoms with Crippen LogP contribution in [0.15, 0.2) is 66.9 Å². The monoisotopic (exact) mass is 346 g/mol. The van der Waals surface area contributed by atoms with Crippen LogP contribution in [0.2, 0.25) is 0 Å². The summed E-state index contributed by atoms with van der Waals surface area (Å²) >= 11 is 0. The van der Waals surface area contributed by atoms with Gasteiger partial charge in [0.05, 0.1) is 6.20 Å². The quantitative estimate of drug-likeness (QED) is 0.579. The number of halogens is 1. The number of aryl methyl sites for hydroxylation is 1. The first-order valence-electron chi connectivity index (χ1n) is 8.60. The minimum absolute atomic E-state index is 0.252. The fourth-order valence-electron chi connectivity index (χ4n) is 3.02. The van der Waals surface area contributed by atoms with Gasteiger partial charge < -0.3 is 5.32 Å². The Labute approximate surface area is 151 Å². The zero-order chi connectivity index (χ0) is 17.9. The van der Waals surface area contributed by atoms with Crippen LogP contribution in [0, 0.1) is 12.7 Å². The molecule has 1 N–H and O–H groups in total. The summed E-state index contributed by atoms with van der Waals surface area (Å²) in [6.45, 7) is 2.76. The summed E-state index contributed by atoms with van der Waals surface area (Å²) in [6, 6.07) is 18.7. The highest BCUT2D eigenvalue weighted by Crippen LogP contribution is 2.26. The van der Waals surface area contributed by atoms with Crippen LogP contribution in [0.4, 0.5) is 10.2 Å². The lowest BCUT2D eigenvalue weighted by Gasteiger charge is -2.10. The number of aromatic nitrogens is 3. The Morgan fingerprint density at radius 3 is 2.58 bits per heavy atom. The van der Waals surface area contributed by atoms with Gasteiger partial charge in [-0.25, -0.2) is 9.37 Å². The van der Waals surface area contributed by atoms with Crippen LogP contribution < -0.4 is 5.32 Å². The van der Waals surface area contributed by atoms with E-state index in [1.54, 1.807) is 22.8 Å². The van der Waals surface area contributed by atoms with Gasteiger partial charge in [-0.2, -0.15) is 9.61 Å². The maximum atomic E-state index is 13.2. The first-order valence-corrected chi connectivity index (χ1v) is 8.60. The van der Waals surface area contributed by atoms with Crippen LogP contribution in [-0.4, -0.2) is 21.1 Å². The predicted molar refractivity (Wildman–Crippen MR) is 102 cm³/mol. The minimum Gasteiger partial charge on any atom is -0.370 e. The lowest BCUT2D eigenvalue weighted by molar-refractivity contribution is 0.628. The van der Waals surface area contributed by atoms with E-state index in [2.05, 4.69) is 27.5 Å². The highest BCUT2D eigenvalue weighted by Gasteiger charge is 2.12. The second kappa shape index (κ2) is 6.96. The molecule has 0 radical (unpaired) electrons. The Bertz CT molecular complexity index is 1020. The van der Waals surface area contributed by atoms with E-state index in [4.69, 9.17) is 0 Å². The SMILES string of the molecule is Cc1cc(NCCc2ccccc2)n2ncc(-c3ccc(F)cc3)c2n1. The molecule has 0 aliphatic rings. The zero-order valence-electron chi connectivity index (χ0n) is 14.5. The van der Waals surface area contributed by atoms with E-state index in [0.29, 0.717) is 0 Å². The summed E-state index contributed by atoms with van der Waals surface area (Å²) < 4.78 is 15.0. The first-order chi connectivity index (χ1) is 12.7. The molecule has 0 aliphatic heterocycles. The van der Waals surface area contributed by atoms with Crippen molar-refractivity contribution in [1.82, 2.24) is 14.6 Å². The molecule has 0 unspecified atom stereocenters. The Kier molecular flexibility index (Phi) is 4.35. The van der Waals surface area contributed by atoms with Gasteiger partial charge in [0.2, 0.25) is 0 Å². The van der Waals surface area contributed by atoms with Gasteiger partial charge in [0.25, 0.3) is 0 Å². The molecule has 4 aromatic rings. The highest BCUT2D eigenvalue weighted by atomic mass is 19.1. The van der Waals surface area contributed by atoms with Crippen molar-refractivity contribution in [2.24, 2.45) is 0 Å². The van der Waals surface area contributed by atoms with Crippen LogP contribution in [0.25, 0.3) is 16.8 Å². The third-order valence-corrected chi connectivity index (χ3v) is 4.32. The van der Waals surface area contributed by atoms with Gasteiger partial charge in [-0.05, 0) is 36.6 Å². The van der Waals surface area contributed by atoms with Crippen LogP contribution in [0.3, 0.4) is 0 Å². The molecule has 0 amide bonds. The summed E-state index contributed by atoms with van der Waals surface area (Å²) in [7, 11) is 0. The van der Waals surface area contributed by atoms with Crippen LogP contribution >= 0.6 is 0 Å². The largest absolute Gasteiger partial charge is 0.370 e. The maximum Gasteiger partial charge on any atom is 0.165 e. The Hall–Kier alpha value is -3.21. The molecule has 5 heteroatoms. The second-order valence-corrected chi connectivity index (χ2v) is 6.25. The van der Waals surface area contributed by atoms with Crippen LogP contribution in [0.1, 0.15) is 11.3 Å². The standard InChI is InChI=1S/C21H19FN4/c1-15-13-20(23-12-11-16-5-3-2-4-6-16)26-21(25-15)19(14-24-26)17-7-9-18(22)10-8-17/h2-10,13-14,23H,11-12H2,1H3. The van der Waals surface area contributed by atoms with Crippen molar-refractivity contribution < 1.29 is 4.39 Å². The van der Waals surface area contributed by atoms with Crippen molar-refractivity contribution in [3.63, 3.8) is 0 Å². The van der Waals surface area contributed by atoms with E-state index in [1.165, 1.54) is 17.7 Å². The van der Waals surface area contributed by atoms with Crippen molar-refractivity contribution in [2.75, 3.05) is 11.9 Å². The Morgan fingerprint density at radius 2 is 1.81 bits per heavy atom. The van der Waals surface area contributed by atoms with Gasteiger partial charge >= 0.3 is 0 Å². The Balaban J connectivity index is 1.62. The molecule has 0 spiro atoms. The van der Waals surface area contributed by atoms with Gasteiger partial charge in [-0.15, -0.1) is 0 Å². The second-order valence-electron chi connectivity index (χ2n) is 6.25. The minimum atomic E-state index is -0.252. The highest BCUT2D eigenvalue weighted by molar-refractivity contribution is 5.78. The molecule has 0 saturated heterocycles. The Morgan fingerprint density at radius 1 is 1.04 bits per heavy atom. The third kappa shape index (κ3) is 3.28. The molecule has 4 rings (SSSR count). The number of fused-ring (bicyclic) bond motifs is 1. The van der Waals surface area contributed by atoms with Gasteiger partial charge in [0.1, 0.15) is 11.6 Å². The van der Waals surface area contributed by atoms with Crippen molar-refractivity contribution in [3.05, 3.63) is 83.9 Å². The molecular weight excluding hydrogens is 327 g/mol. The molecular formula is C21H19FN4. The summed E-state index contributed by atoms with van der Waals surface area (Å²) in [6.07, 6.45) is 2.70. The normalized spacial score (nSPS) is 11.0. The average Bonchev–Trinajstić information content (AvgIpc) is 3.07. The van der Waals surface area contributed by atoms with Crippen molar-refractivity contribution >= 4 is 11.5 Å².